The Morgan fingerprint density at radius 2 is 2.31 bits per heavy atom. The van der Waals surface area contributed by atoms with E-state index in [9.17, 15) is 4.79 Å². The lowest BCUT2D eigenvalue weighted by atomic mass is 10.1. The number of rotatable bonds is 2. The summed E-state index contributed by atoms with van der Waals surface area (Å²) in [5, 5.41) is 18.5. The predicted octanol–water partition coefficient (Wildman–Crippen LogP) is 2.30. The molecule has 0 aliphatic heterocycles. The van der Waals surface area contributed by atoms with Crippen molar-refractivity contribution in [1.29, 1.82) is 5.26 Å². The number of carboxylic acid groups (broad SMARTS) is 1. The molecule has 0 radical (unpaired) electrons. The molecule has 16 heavy (non-hydrogen) atoms. The highest BCUT2D eigenvalue weighted by Gasteiger charge is 2.16. The molecule has 0 saturated carbocycles. The zero-order valence-electron chi connectivity index (χ0n) is 8.74. The van der Waals surface area contributed by atoms with Gasteiger partial charge in [0, 0.05) is 16.6 Å². The minimum atomic E-state index is -0.937. The largest absolute Gasteiger partial charge is 0.478 e. The van der Waals surface area contributed by atoms with Crippen LogP contribution in [0.1, 0.15) is 28.5 Å². The lowest BCUT2D eigenvalue weighted by Crippen LogP contribution is -1.99. The molecule has 0 bridgehead atoms. The zero-order chi connectivity index (χ0) is 11.7. The molecular weight excluding hydrogens is 204 g/mol. The molecule has 0 spiro atoms. The van der Waals surface area contributed by atoms with Gasteiger partial charge in [0.05, 0.1) is 17.2 Å². The van der Waals surface area contributed by atoms with E-state index in [4.69, 9.17) is 10.4 Å². The SMILES string of the molecule is CCc1[nH]c2cc(C#N)ccc2c1C(=O)O. The Hall–Kier alpha value is -2.28. The van der Waals surface area contributed by atoms with Crippen LogP contribution in [0.3, 0.4) is 0 Å². The Labute approximate surface area is 92.1 Å². The standard InChI is InChI=1S/C12H10N2O2/c1-2-9-11(12(15)16)8-4-3-7(6-13)5-10(8)14-9/h3-5,14H,2H2,1H3,(H,15,16). The summed E-state index contributed by atoms with van der Waals surface area (Å²) >= 11 is 0. The van der Waals surface area contributed by atoms with Crippen molar-refractivity contribution in [2.24, 2.45) is 0 Å². The third-order valence-corrected chi connectivity index (χ3v) is 2.57. The number of nitrogens with zero attached hydrogens (tertiary/aromatic N) is 1. The Bertz CT molecular complexity index is 605. The molecule has 0 amide bonds. The minimum Gasteiger partial charge on any atom is -0.478 e. The molecule has 0 aliphatic carbocycles. The number of nitriles is 1. The first-order valence-corrected chi connectivity index (χ1v) is 4.95. The first-order valence-electron chi connectivity index (χ1n) is 4.95. The summed E-state index contributed by atoms with van der Waals surface area (Å²) in [4.78, 5) is 14.2. The Morgan fingerprint density at radius 3 is 2.88 bits per heavy atom. The number of aromatic carboxylic acids is 1. The van der Waals surface area contributed by atoms with Gasteiger partial charge in [0.2, 0.25) is 0 Å². The van der Waals surface area contributed by atoms with Gasteiger partial charge in [0.25, 0.3) is 0 Å². The second-order valence-corrected chi connectivity index (χ2v) is 3.51. The van der Waals surface area contributed by atoms with Crippen molar-refractivity contribution in [3.63, 3.8) is 0 Å². The maximum Gasteiger partial charge on any atom is 0.338 e. The van der Waals surface area contributed by atoms with Crippen molar-refractivity contribution in [2.45, 2.75) is 13.3 Å². The smallest absolute Gasteiger partial charge is 0.338 e. The van der Waals surface area contributed by atoms with Crippen LogP contribution in [0.15, 0.2) is 18.2 Å². The highest BCUT2D eigenvalue weighted by molar-refractivity contribution is 6.05. The summed E-state index contributed by atoms with van der Waals surface area (Å²) in [6.07, 6.45) is 0.623. The van der Waals surface area contributed by atoms with Gasteiger partial charge in [-0.3, -0.25) is 0 Å². The van der Waals surface area contributed by atoms with Gasteiger partial charge in [0.1, 0.15) is 0 Å². The van der Waals surface area contributed by atoms with Crippen molar-refractivity contribution in [3.8, 4) is 6.07 Å². The van der Waals surface area contributed by atoms with Crippen LogP contribution < -0.4 is 0 Å². The van der Waals surface area contributed by atoms with Gasteiger partial charge in [-0.2, -0.15) is 5.26 Å². The molecule has 0 unspecified atom stereocenters. The summed E-state index contributed by atoms with van der Waals surface area (Å²) in [6.45, 7) is 1.89. The number of carboxylic acids is 1. The third-order valence-electron chi connectivity index (χ3n) is 2.57. The average molecular weight is 214 g/mol. The number of aromatic amines is 1. The van der Waals surface area contributed by atoms with Crippen LogP contribution in [0.2, 0.25) is 0 Å². The normalized spacial score (nSPS) is 10.2. The Morgan fingerprint density at radius 1 is 1.56 bits per heavy atom. The van der Waals surface area contributed by atoms with Gasteiger partial charge < -0.3 is 10.1 Å². The van der Waals surface area contributed by atoms with Crippen LogP contribution in [0.4, 0.5) is 0 Å². The van der Waals surface area contributed by atoms with Gasteiger partial charge in [-0.25, -0.2) is 4.79 Å². The lowest BCUT2D eigenvalue weighted by Gasteiger charge is -1.95. The number of H-pyrrole nitrogens is 1. The molecule has 1 aromatic heterocycles. The number of aryl methyl sites for hydroxylation is 1. The number of hydrogen-bond acceptors (Lipinski definition) is 2. The van der Waals surface area contributed by atoms with Crippen molar-refractivity contribution < 1.29 is 9.90 Å². The van der Waals surface area contributed by atoms with E-state index in [2.05, 4.69) is 4.98 Å². The fourth-order valence-electron chi connectivity index (χ4n) is 1.83. The molecule has 4 nitrogen and oxygen atoms in total. The number of hydrogen-bond donors (Lipinski definition) is 2. The fraction of sp³-hybridized carbons (Fsp3) is 0.167. The van der Waals surface area contributed by atoms with Crippen LogP contribution in [0.25, 0.3) is 10.9 Å². The van der Waals surface area contributed by atoms with Crippen LogP contribution in [0, 0.1) is 11.3 Å². The van der Waals surface area contributed by atoms with E-state index in [-0.39, 0.29) is 0 Å². The highest BCUT2D eigenvalue weighted by Crippen LogP contribution is 2.23. The Kier molecular flexibility index (Phi) is 2.37. The summed E-state index contributed by atoms with van der Waals surface area (Å²) in [6, 6.07) is 7.00. The quantitative estimate of drug-likeness (QED) is 0.805. The molecule has 1 heterocycles. The van der Waals surface area contributed by atoms with Gasteiger partial charge in [-0.1, -0.05) is 13.0 Å². The lowest BCUT2D eigenvalue weighted by molar-refractivity contribution is 0.0698. The molecule has 2 aromatic rings. The van der Waals surface area contributed by atoms with Crippen LogP contribution in [0.5, 0.6) is 0 Å². The minimum absolute atomic E-state index is 0.307. The predicted molar refractivity (Wildman–Crippen MR) is 59.4 cm³/mol. The van der Waals surface area contributed by atoms with Gasteiger partial charge in [-0.05, 0) is 18.6 Å². The molecule has 4 heteroatoms. The van der Waals surface area contributed by atoms with Crippen molar-refractivity contribution >= 4 is 16.9 Å². The molecule has 0 aliphatic rings. The molecule has 2 N–H and O–H groups in total. The molecule has 80 valence electrons. The van der Waals surface area contributed by atoms with Crippen LogP contribution in [-0.4, -0.2) is 16.1 Å². The number of benzene rings is 1. The summed E-state index contributed by atoms with van der Waals surface area (Å²) < 4.78 is 0. The van der Waals surface area contributed by atoms with E-state index in [0.717, 1.165) is 0 Å². The van der Waals surface area contributed by atoms with Crippen molar-refractivity contribution in [2.75, 3.05) is 0 Å². The second kappa shape index (κ2) is 3.70. The first kappa shape index (κ1) is 10.2. The van der Waals surface area contributed by atoms with E-state index in [1.807, 2.05) is 13.0 Å². The summed E-state index contributed by atoms with van der Waals surface area (Å²) in [5.41, 5.74) is 2.22. The third kappa shape index (κ3) is 1.43. The monoisotopic (exact) mass is 214 g/mol. The maximum atomic E-state index is 11.1. The summed E-state index contributed by atoms with van der Waals surface area (Å²) in [7, 11) is 0. The molecule has 0 fully saturated rings. The molecule has 1 aromatic carbocycles. The van der Waals surface area contributed by atoms with Gasteiger partial charge >= 0.3 is 5.97 Å². The number of nitrogens with one attached hydrogen (secondary N) is 1. The highest BCUT2D eigenvalue weighted by atomic mass is 16.4. The second-order valence-electron chi connectivity index (χ2n) is 3.51. The van der Waals surface area contributed by atoms with E-state index in [0.29, 0.717) is 34.1 Å². The van der Waals surface area contributed by atoms with Gasteiger partial charge in [-0.15, -0.1) is 0 Å². The van der Waals surface area contributed by atoms with Crippen LogP contribution >= 0.6 is 0 Å². The molecular formula is C12H10N2O2. The molecule has 2 rings (SSSR count). The zero-order valence-corrected chi connectivity index (χ0v) is 8.74. The fourth-order valence-corrected chi connectivity index (χ4v) is 1.83. The van der Waals surface area contributed by atoms with Crippen LogP contribution in [-0.2, 0) is 6.42 Å². The number of aromatic nitrogens is 1. The van der Waals surface area contributed by atoms with E-state index >= 15 is 0 Å². The van der Waals surface area contributed by atoms with Crippen molar-refractivity contribution in [1.82, 2.24) is 4.98 Å². The molecule has 0 atom stereocenters. The Balaban J connectivity index is 2.79. The topological polar surface area (TPSA) is 76.9 Å². The van der Waals surface area contributed by atoms with E-state index in [1.54, 1.807) is 18.2 Å². The number of fused-ring (bicyclic) bond motifs is 1. The molecule has 0 saturated heterocycles. The maximum absolute atomic E-state index is 11.1. The summed E-state index contributed by atoms with van der Waals surface area (Å²) in [5.74, 6) is -0.937. The van der Waals surface area contributed by atoms with E-state index in [1.165, 1.54) is 0 Å². The average Bonchev–Trinajstić information content (AvgIpc) is 2.65. The van der Waals surface area contributed by atoms with E-state index < -0.39 is 5.97 Å². The first-order chi connectivity index (χ1) is 7.67. The van der Waals surface area contributed by atoms with Crippen molar-refractivity contribution in [3.05, 3.63) is 35.0 Å². The van der Waals surface area contributed by atoms with Gasteiger partial charge in [0.15, 0.2) is 0 Å². The number of carbonyl (C=O) groups is 1.